The van der Waals surface area contributed by atoms with Gasteiger partial charge in [0.25, 0.3) is 5.56 Å². The Morgan fingerprint density at radius 1 is 1.46 bits per heavy atom. The molecule has 2 heterocycles. The van der Waals surface area contributed by atoms with Crippen molar-refractivity contribution in [2.45, 2.75) is 0 Å². The Labute approximate surface area is 73.8 Å². The van der Waals surface area contributed by atoms with Gasteiger partial charge in [-0.1, -0.05) is 6.07 Å². The van der Waals surface area contributed by atoms with Gasteiger partial charge >= 0.3 is 0 Å². The van der Waals surface area contributed by atoms with E-state index in [4.69, 9.17) is 5.84 Å². The van der Waals surface area contributed by atoms with Crippen LogP contribution in [-0.2, 0) is 0 Å². The number of nitrogens with one attached hydrogen (secondary N) is 1. The van der Waals surface area contributed by atoms with E-state index in [2.05, 4.69) is 10.1 Å². The average Bonchev–Trinajstić information content (AvgIpc) is 2.47. The molecule has 0 atom stereocenters. The van der Waals surface area contributed by atoms with Crippen molar-refractivity contribution in [2.75, 3.05) is 5.84 Å². The molecule has 2 aromatic heterocycles. The van der Waals surface area contributed by atoms with E-state index in [0.717, 1.165) is 4.79 Å². The molecule has 0 aliphatic carbocycles. The van der Waals surface area contributed by atoms with Crippen LogP contribution in [0.2, 0.25) is 0 Å². The third kappa shape index (κ3) is 1.31. The lowest BCUT2D eigenvalue weighted by Gasteiger charge is -1.91. The fraction of sp³-hybridized carbons (Fsp3) is 0. The van der Waals surface area contributed by atoms with Crippen molar-refractivity contribution >= 4 is 0 Å². The van der Waals surface area contributed by atoms with E-state index < -0.39 is 0 Å². The summed E-state index contributed by atoms with van der Waals surface area (Å²) in [6, 6.07) is 5.36. The number of pyridine rings is 1. The van der Waals surface area contributed by atoms with Crippen LogP contribution in [0.25, 0.3) is 11.3 Å². The van der Waals surface area contributed by atoms with Crippen LogP contribution in [0.15, 0.2) is 35.4 Å². The third-order valence-corrected chi connectivity index (χ3v) is 1.68. The van der Waals surface area contributed by atoms with Gasteiger partial charge < -0.3 is 5.84 Å². The summed E-state index contributed by atoms with van der Waals surface area (Å²) in [5.74, 6) is 5.35. The van der Waals surface area contributed by atoms with Gasteiger partial charge in [-0.15, -0.1) is 0 Å². The summed E-state index contributed by atoms with van der Waals surface area (Å²) < 4.78 is 0. The van der Waals surface area contributed by atoms with Gasteiger partial charge in [-0.25, -0.2) is 9.89 Å². The molecule has 2 aromatic rings. The first-order valence-corrected chi connectivity index (χ1v) is 3.75. The summed E-state index contributed by atoms with van der Waals surface area (Å²) >= 11 is 0. The zero-order chi connectivity index (χ0) is 9.26. The third-order valence-electron chi connectivity index (χ3n) is 1.68. The van der Waals surface area contributed by atoms with Gasteiger partial charge in [-0.3, -0.25) is 9.78 Å². The van der Waals surface area contributed by atoms with Crippen LogP contribution in [0.3, 0.4) is 0 Å². The lowest BCUT2D eigenvalue weighted by atomic mass is 10.2. The number of hydrogen-bond donors (Lipinski definition) is 2. The molecule has 0 aliphatic rings. The first kappa shape index (κ1) is 7.60. The topological polar surface area (TPSA) is 76.7 Å². The Bertz CT molecular complexity index is 456. The molecular weight excluding hydrogens is 168 g/mol. The van der Waals surface area contributed by atoms with Crippen molar-refractivity contribution in [3.63, 3.8) is 0 Å². The minimum atomic E-state index is -0.235. The SMILES string of the molecule is Nn1cc(-c2ccccn2)c(=O)[nH]1. The first-order chi connectivity index (χ1) is 6.27. The quantitative estimate of drug-likeness (QED) is 0.598. The van der Waals surface area contributed by atoms with Crippen molar-refractivity contribution < 1.29 is 0 Å². The van der Waals surface area contributed by atoms with Crippen LogP contribution in [0, 0.1) is 0 Å². The lowest BCUT2D eigenvalue weighted by Crippen LogP contribution is -2.12. The van der Waals surface area contributed by atoms with Gasteiger partial charge in [-0.2, -0.15) is 0 Å². The van der Waals surface area contributed by atoms with E-state index in [1.165, 1.54) is 6.20 Å². The monoisotopic (exact) mass is 176 g/mol. The summed E-state index contributed by atoms with van der Waals surface area (Å²) in [5, 5.41) is 2.40. The minimum Gasteiger partial charge on any atom is -0.325 e. The maximum atomic E-state index is 11.2. The van der Waals surface area contributed by atoms with Crippen LogP contribution < -0.4 is 11.4 Å². The van der Waals surface area contributed by atoms with E-state index in [9.17, 15) is 4.79 Å². The maximum absolute atomic E-state index is 11.2. The molecule has 0 aliphatic heterocycles. The Morgan fingerprint density at radius 3 is 2.85 bits per heavy atom. The highest BCUT2D eigenvalue weighted by Gasteiger charge is 2.05. The molecule has 0 saturated heterocycles. The predicted molar refractivity (Wildman–Crippen MR) is 48.4 cm³/mol. The fourth-order valence-corrected chi connectivity index (χ4v) is 1.11. The number of aromatic nitrogens is 3. The molecule has 0 saturated carbocycles. The number of nitrogens with zero attached hydrogens (tertiary/aromatic N) is 2. The van der Waals surface area contributed by atoms with Gasteiger partial charge in [0.1, 0.15) is 0 Å². The summed E-state index contributed by atoms with van der Waals surface area (Å²) in [4.78, 5) is 16.4. The van der Waals surface area contributed by atoms with Crippen LogP contribution in [-0.4, -0.2) is 14.9 Å². The second kappa shape index (κ2) is 2.78. The second-order valence-corrected chi connectivity index (χ2v) is 2.61. The van der Waals surface area contributed by atoms with Gasteiger partial charge in [0, 0.05) is 6.20 Å². The van der Waals surface area contributed by atoms with E-state index in [-0.39, 0.29) is 5.56 Å². The van der Waals surface area contributed by atoms with Gasteiger partial charge in [0.15, 0.2) is 0 Å². The molecular formula is C8H8N4O. The molecule has 2 rings (SSSR count). The Morgan fingerprint density at radius 2 is 2.31 bits per heavy atom. The molecule has 0 fully saturated rings. The Kier molecular flexibility index (Phi) is 1.63. The summed E-state index contributed by atoms with van der Waals surface area (Å²) in [5.41, 5.74) is 0.859. The van der Waals surface area contributed by atoms with Crippen LogP contribution in [0.1, 0.15) is 0 Å². The molecule has 5 heteroatoms. The summed E-state index contributed by atoms with van der Waals surface area (Å²) in [6.45, 7) is 0. The normalized spacial score (nSPS) is 10.2. The highest BCUT2D eigenvalue weighted by atomic mass is 16.1. The molecule has 0 spiro atoms. The van der Waals surface area contributed by atoms with Crippen molar-refractivity contribution in [1.82, 2.24) is 14.9 Å². The maximum Gasteiger partial charge on any atom is 0.275 e. The van der Waals surface area contributed by atoms with E-state index in [0.29, 0.717) is 11.3 Å². The first-order valence-electron chi connectivity index (χ1n) is 3.75. The smallest absolute Gasteiger partial charge is 0.275 e. The molecule has 13 heavy (non-hydrogen) atoms. The summed E-state index contributed by atoms with van der Waals surface area (Å²) in [7, 11) is 0. The van der Waals surface area contributed by atoms with Gasteiger partial charge in [0.05, 0.1) is 17.5 Å². The number of nitrogens with two attached hydrogens (primary N) is 1. The molecule has 0 amide bonds. The fourth-order valence-electron chi connectivity index (χ4n) is 1.11. The Balaban J connectivity index is 2.59. The van der Waals surface area contributed by atoms with Gasteiger partial charge in [-0.05, 0) is 12.1 Å². The largest absolute Gasteiger partial charge is 0.325 e. The highest BCUT2D eigenvalue weighted by Crippen LogP contribution is 2.08. The van der Waals surface area contributed by atoms with E-state index in [1.54, 1.807) is 18.3 Å². The lowest BCUT2D eigenvalue weighted by molar-refractivity contribution is 0.818. The Hall–Kier alpha value is -2.04. The van der Waals surface area contributed by atoms with Gasteiger partial charge in [0.2, 0.25) is 0 Å². The average molecular weight is 176 g/mol. The molecule has 0 radical (unpaired) electrons. The second-order valence-electron chi connectivity index (χ2n) is 2.61. The summed E-state index contributed by atoms with van der Waals surface area (Å²) in [6.07, 6.45) is 3.13. The van der Waals surface area contributed by atoms with Crippen LogP contribution >= 0.6 is 0 Å². The zero-order valence-electron chi connectivity index (χ0n) is 6.77. The molecule has 66 valence electrons. The highest BCUT2D eigenvalue weighted by molar-refractivity contribution is 5.56. The van der Waals surface area contributed by atoms with Crippen molar-refractivity contribution in [3.8, 4) is 11.3 Å². The van der Waals surface area contributed by atoms with Crippen LogP contribution in [0.5, 0.6) is 0 Å². The molecule has 0 bridgehead atoms. The van der Waals surface area contributed by atoms with E-state index in [1.807, 2.05) is 6.07 Å². The van der Waals surface area contributed by atoms with Crippen molar-refractivity contribution in [1.29, 1.82) is 0 Å². The molecule has 0 unspecified atom stereocenters. The molecule has 0 aromatic carbocycles. The number of H-pyrrole nitrogens is 1. The number of rotatable bonds is 1. The molecule has 3 N–H and O–H groups in total. The minimum absolute atomic E-state index is 0.235. The van der Waals surface area contributed by atoms with Crippen molar-refractivity contribution in [2.24, 2.45) is 0 Å². The number of hydrogen-bond acceptors (Lipinski definition) is 3. The number of nitrogen functional groups attached to an aromatic ring is 1. The van der Waals surface area contributed by atoms with Crippen molar-refractivity contribution in [3.05, 3.63) is 40.9 Å². The number of aromatic amines is 1. The van der Waals surface area contributed by atoms with Crippen LogP contribution in [0.4, 0.5) is 0 Å². The van der Waals surface area contributed by atoms with E-state index >= 15 is 0 Å². The predicted octanol–water partition coefficient (Wildman–Crippen LogP) is -0.0478. The zero-order valence-corrected chi connectivity index (χ0v) is 6.77. The standard InChI is InChI=1S/C8H8N4O/c9-12-5-6(8(13)11-12)7-3-1-2-4-10-7/h1-5H,9H2,(H,11,13). The molecule has 5 nitrogen and oxygen atoms in total.